The predicted molar refractivity (Wildman–Crippen MR) is 83.0 cm³/mol. The summed E-state index contributed by atoms with van der Waals surface area (Å²) >= 11 is 4.94. The molecule has 0 heterocycles. The van der Waals surface area contributed by atoms with Gasteiger partial charge in [-0.2, -0.15) is 0 Å². The zero-order valence-electron chi connectivity index (χ0n) is 10.3. The van der Waals surface area contributed by atoms with Gasteiger partial charge in [0, 0.05) is 28.7 Å². The molecule has 0 saturated heterocycles. The number of halogens is 2. The number of non-ortho nitro benzene ring substituents is 1. The van der Waals surface area contributed by atoms with Crippen molar-refractivity contribution >= 4 is 56.1 Å². The summed E-state index contributed by atoms with van der Waals surface area (Å²) in [5.74, 6) is -0.953. The van der Waals surface area contributed by atoms with Gasteiger partial charge in [0.1, 0.15) is 3.92 Å². The van der Waals surface area contributed by atoms with Crippen LogP contribution in [-0.2, 0) is 9.53 Å². The second kappa shape index (κ2) is 7.53. The van der Waals surface area contributed by atoms with Gasteiger partial charge in [0.25, 0.3) is 11.6 Å². The molecule has 0 saturated carbocycles. The zero-order chi connectivity index (χ0) is 15.3. The molecule has 0 fully saturated rings. The lowest BCUT2D eigenvalue weighted by Crippen LogP contribution is -2.33. The summed E-state index contributed by atoms with van der Waals surface area (Å²) in [4.78, 5) is 33.2. The Balaban J connectivity index is 2.78. The predicted octanol–water partition coefficient (Wildman–Crippen LogP) is 2.06. The van der Waals surface area contributed by atoms with Crippen molar-refractivity contribution in [1.82, 2.24) is 5.32 Å². The van der Waals surface area contributed by atoms with Gasteiger partial charge in [0.15, 0.2) is 0 Å². The summed E-state index contributed by atoms with van der Waals surface area (Å²) < 4.78 is 4.43. The minimum atomic E-state index is -0.586. The fraction of sp³-hybridized carbons (Fsp3) is 0.273. The number of alkyl halides is 1. The molecular formula is C11H10BrIN2O5. The Morgan fingerprint density at radius 2 is 2.15 bits per heavy atom. The van der Waals surface area contributed by atoms with Gasteiger partial charge >= 0.3 is 5.97 Å². The third-order valence-corrected chi connectivity index (χ3v) is 3.66. The molecule has 0 spiro atoms. The smallest absolute Gasteiger partial charge is 0.320 e. The van der Waals surface area contributed by atoms with Gasteiger partial charge in [-0.25, -0.2) is 0 Å². The van der Waals surface area contributed by atoms with Gasteiger partial charge in [0.05, 0.1) is 12.0 Å². The number of hydrogen-bond donors (Lipinski definition) is 1. The third kappa shape index (κ3) is 4.71. The highest BCUT2D eigenvalue weighted by Gasteiger charge is 2.18. The monoisotopic (exact) mass is 456 g/mol. The summed E-state index contributed by atoms with van der Waals surface area (Å²) in [6, 6.07) is 3.93. The molecule has 9 heteroatoms. The van der Waals surface area contributed by atoms with Crippen molar-refractivity contribution in [2.45, 2.75) is 3.92 Å². The number of benzene rings is 1. The van der Waals surface area contributed by atoms with Crippen molar-refractivity contribution in [3.8, 4) is 0 Å². The van der Waals surface area contributed by atoms with Gasteiger partial charge < -0.3 is 10.1 Å². The standard InChI is InChI=1S/C11H10BrIN2O5/c1-20-11(17)9(13)5-14-10(16)6-2-7(12)4-8(3-6)15(18)19/h2-4,9H,5H2,1H3,(H,14,16). The SMILES string of the molecule is COC(=O)C(I)CNC(=O)c1cc(Br)cc([N+](=O)[O-])c1. The summed E-state index contributed by atoms with van der Waals surface area (Å²) in [7, 11) is 1.26. The minimum Gasteiger partial charge on any atom is -0.468 e. The fourth-order valence-corrected chi connectivity index (χ4v) is 2.26. The fourth-order valence-electron chi connectivity index (χ4n) is 1.31. The molecule has 1 aromatic carbocycles. The Morgan fingerprint density at radius 1 is 1.50 bits per heavy atom. The van der Waals surface area contributed by atoms with Crippen LogP contribution >= 0.6 is 38.5 Å². The molecule has 0 aromatic heterocycles. The van der Waals surface area contributed by atoms with E-state index in [1.54, 1.807) is 0 Å². The number of amides is 1. The average molecular weight is 457 g/mol. The quantitative estimate of drug-likeness (QED) is 0.240. The molecule has 0 radical (unpaired) electrons. The van der Waals surface area contributed by atoms with Gasteiger partial charge in [-0.1, -0.05) is 38.5 Å². The Labute approximate surface area is 136 Å². The second-order valence-corrected chi connectivity index (χ2v) is 6.08. The molecule has 1 unspecified atom stereocenters. The molecule has 0 aliphatic carbocycles. The molecule has 0 bridgehead atoms. The first-order valence-electron chi connectivity index (χ1n) is 5.30. The van der Waals surface area contributed by atoms with Crippen LogP contribution in [0.2, 0.25) is 0 Å². The van der Waals surface area contributed by atoms with Crippen LogP contribution in [-0.4, -0.2) is 34.4 Å². The normalized spacial score (nSPS) is 11.6. The van der Waals surface area contributed by atoms with E-state index in [9.17, 15) is 19.7 Å². The number of nitro benzene ring substituents is 1. The van der Waals surface area contributed by atoms with E-state index in [-0.39, 0.29) is 17.8 Å². The van der Waals surface area contributed by atoms with E-state index in [2.05, 4.69) is 26.0 Å². The maximum atomic E-state index is 11.9. The van der Waals surface area contributed by atoms with E-state index < -0.39 is 20.7 Å². The summed E-state index contributed by atoms with van der Waals surface area (Å²) in [6.45, 7) is 0.0758. The van der Waals surface area contributed by atoms with Gasteiger partial charge in [-0.3, -0.25) is 19.7 Å². The molecule has 1 aromatic rings. The highest BCUT2D eigenvalue weighted by molar-refractivity contribution is 14.1. The van der Waals surface area contributed by atoms with Crippen molar-refractivity contribution in [2.75, 3.05) is 13.7 Å². The first-order valence-corrected chi connectivity index (χ1v) is 7.34. The summed E-state index contributed by atoms with van der Waals surface area (Å²) in [5, 5.41) is 13.2. The maximum absolute atomic E-state index is 11.9. The Hall–Kier alpha value is -1.23. The lowest BCUT2D eigenvalue weighted by atomic mass is 10.2. The molecule has 7 nitrogen and oxygen atoms in total. The summed E-state index contributed by atoms with van der Waals surface area (Å²) in [6.07, 6.45) is 0. The van der Waals surface area contributed by atoms with Crippen LogP contribution < -0.4 is 5.32 Å². The first kappa shape index (κ1) is 16.8. The average Bonchev–Trinajstić information content (AvgIpc) is 2.42. The van der Waals surface area contributed by atoms with E-state index in [0.717, 1.165) is 0 Å². The number of ether oxygens (including phenoxy) is 1. The lowest BCUT2D eigenvalue weighted by molar-refractivity contribution is -0.385. The van der Waals surface area contributed by atoms with Crippen molar-refractivity contribution in [3.05, 3.63) is 38.3 Å². The number of hydrogen-bond acceptors (Lipinski definition) is 5. The lowest BCUT2D eigenvalue weighted by Gasteiger charge is -2.09. The van der Waals surface area contributed by atoms with Crippen molar-refractivity contribution < 1.29 is 19.2 Å². The number of carbonyl (C=O) groups excluding carboxylic acids is 2. The van der Waals surface area contributed by atoms with Crippen LogP contribution in [0.4, 0.5) is 5.69 Å². The number of methoxy groups -OCH3 is 1. The van der Waals surface area contributed by atoms with Crippen molar-refractivity contribution in [2.24, 2.45) is 0 Å². The van der Waals surface area contributed by atoms with E-state index in [0.29, 0.717) is 4.47 Å². The maximum Gasteiger partial charge on any atom is 0.320 e. The van der Waals surface area contributed by atoms with E-state index in [1.807, 2.05) is 22.6 Å². The van der Waals surface area contributed by atoms with Crippen LogP contribution in [0.25, 0.3) is 0 Å². The molecular weight excluding hydrogens is 447 g/mol. The first-order chi connectivity index (χ1) is 9.35. The molecule has 1 atom stereocenters. The molecule has 20 heavy (non-hydrogen) atoms. The topological polar surface area (TPSA) is 98.5 Å². The van der Waals surface area contributed by atoms with Crippen molar-refractivity contribution in [3.63, 3.8) is 0 Å². The van der Waals surface area contributed by atoms with Gasteiger partial charge in [0.2, 0.25) is 0 Å². The van der Waals surface area contributed by atoms with E-state index >= 15 is 0 Å². The Bertz CT molecular complexity index is 552. The van der Waals surface area contributed by atoms with E-state index in [1.165, 1.54) is 25.3 Å². The van der Waals surface area contributed by atoms with E-state index in [4.69, 9.17) is 0 Å². The molecule has 0 aliphatic rings. The Morgan fingerprint density at radius 3 is 2.70 bits per heavy atom. The number of nitro groups is 1. The van der Waals surface area contributed by atoms with Crippen LogP contribution in [0.3, 0.4) is 0 Å². The number of nitrogens with one attached hydrogen (secondary N) is 1. The third-order valence-electron chi connectivity index (χ3n) is 2.25. The molecule has 1 N–H and O–H groups in total. The van der Waals surface area contributed by atoms with Crippen LogP contribution in [0, 0.1) is 10.1 Å². The molecule has 1 rings (SSSR count). The number of nitrogens with zero attached hydrogens (tertiary/aromatic N) is 1. The minimum absolute atomic E-state index is 0.0758. The highest BCUT2D eigenvalue weighted by atomic mass is 127. The second-order valence-electron chi connectivity index (χ2n) is 3.66. The van der Waals surface area contributed by atoms with Crippen LogP contribution in [0.15, 0.2) is 22.7 Å². The molecule has 108 valence electrons. The number of rotatable bonds is 5. The number of carbonyl (C=O) groups is 2. The van der Waals surface area contributed by atoms with Crippen LogP contribution in [0.5, 0.6) is 0 Å². The van der Waals surface area contributed by atoms with Crippen LogP contribution in [0.1, 0.15) is 10.4 Å². The zero-order valence-corrected chi connectivity index (χ0v) is 14.0. The molecule has 1 amide bonds. The van der Waals surface area contributed by atoms with Gasteiger partial charge in [-0.05, 0) is 6.07 Å². The largest absolute Gasteiger partial charge is 0.468 e. The summed E-state index contributed by atoms with van der Waals surface area (Å²) in [5.41, 5.74) is -0.0527. The highest BCUT2D eigenvalue weighted by Crippen LogP contribution is 2.21. The van der Waals surface area contributed by atoms with Gasteiger partial charge in [-0.15, -0.1) is 0 Å². The Kier molecular flexibility index (Phi) is 6.33. The van der Waals surface area contributed by atoms with Crippen molar-refractivity contribution in [1.29, 1.82) is 0 Å². The number of esters is 1. The molecule has 0 aliphatic heterocycles.